The first-order valence-corrected chi connectivity index (χ1v) is 7.55. The molecule has 0 unspecified atom stereocenters. The highest BCUT2D eigenvalue weighted by atomic mass is 16.4. The van der Waals surface area contributed by atoms with E-state index in [0.29, 0.717) is 5.69 Å². The number of carbonyl (C=O) groups is 2. The number of hydrogen-bond donors (Lipinski definition) is 1. The number of ketones is 1. The number of hydrogen-bond acceptors (Lipinski definition) is 3. The zero-order chi connectivity index (χ0) is 16.9. The minimum atomic E-state index is -1.10. The van der Waals surface area contributed by atoms with Crippen LogP contribution in [-0.2, 0) is 11.3 Å². The largest absolute Gasteiger partial charge is 0.477 e. The van der Waals surface area contributed by atoms with Gasteiger partial charge in [-0.25, -0.2) is 4.79 Å². The fraction of sp³-hybridized carbons (Fsp3) is 0.105. The molecule has 0 radical (unpaired) electrons. The van der Waals surface area contributed by atoms with Gasteiger partial charge in [-0.05, 0) is 17.7 Å². The van der Waals surface area contributed by atoms with Gasteiger partial charge < -0.3 is 5.11 Å². The number of benzene rings is 1. The average Bonchev–Trinajstić information content (AvgIpc) is 3.23. The Bertz CT molecular complexity index is 833. The van der Waals surface area contributed by atoms with E-state index in [1.165, 1.54) is 16.8 Å². The summed E-state index contributed by atoms with van der Waals surface area (Å²) < 4.78 is 1.25. The van der Waals surface area contributed by atoms with Crippen LogP contribution in [0.4, 0.5) is 0 Å². The lowest BCUT2D eigenvalue weighted by molar-refractivity contribution is -0.115. The molecule has 5 heteroatoms. The standard InChI is InChI=1S/C19H16N2O3/c22-16(11-10-14-6-2-1-3-7-14)13-21-18(19(23)24)12-17(20-21)15-8-4-5-9-15/h1-12,15H,13H2,(H,23,24). The lowest BCUT2D eigenvalue weighted by atomic mass is 10.1. The van der Waals surface area contributed by atoms with Crippen molar-refractivity contribution in [2.45, 2.75) is 12.5 Å². The predicted molar refractivity (Wildman–Crippen MR) is 90.7 cm³/mol. The molecule has 0 saturated heterocycles. The summed E-state index contributed by atoms with van der Waals surface area (Å²) in [6.45, 7) is -0.106. The van der Waals surface area contributed by atoms with Gasteiger partial charge in [0.2, 0.25) is 0 Å². The summed E-state index contributed by atoms with van der Waals surface area (Å²) >= 11 is 0. The highest BCUT2D eigenvalue weighted by molar-refractivity contribution is 5.94. The Morgan fingerprint density at radius 1 is 1.17 bits per heavy atom. The van der Waals surface area contributed by atoms with E-state index in [1.54, 1.807) is 6.08 Å². The normalized spacial score (nSPS) is 13.8. The van der Waals surface area contributed by atoms with Crippen LogP contribution < -0.4 is 0 Å². The number of carboxylic acid groups (broad SMARTS) is 1. The third-order valence-corrected chi connectivity index (χ3v) is 3.67. The minimum absolute atomic E-state index is 0.0140. The molecular formula is C19H16N2O3. The van der Waals surface area contributed by atoms with Crippen molar-refractivity contribution in [3.05, 3.63) is 83.7 Å². The molecule has 3 rings (SSSR count). The third kappa shape index (κ3) is 3.57. The summed E-state index contributed by atoms with van der Waals surface area (Å²) in [5, 5.41) is 13.6. The van der Waals surface area contributed by atoms with Gasteiger partial charge in [-0.2, -0.15) is 5.10 Å². The molecule has 0 atom stereocenters. The number of rotatable bonds is 6. The minimum Gasteiger partial charge on any atom is -0.477 e. The van der Waals surface area contributed by atoms with Crippen LogP contribution in [0.5, 0.6) is 0 Å². The molecule has 0 bridgehead atoms. The number of carbonyl (C=O) groups excluding carboxylic acids is 1. The van der Waals surface area contributed by atoms with Gasteiger partial charge in [-0.15, -0.1) is 0 Å². The van der Waals surface area contributed by atoms with Crippen LogP contribution in [0.15, 0.2) is 66.8 Å². The van der Waals surface area contributed by atoms with Gasteiger partial charge >= 0.3 is 5.97 Å². The molecule has 1 aromatic carbocycles. The average molecular weight is 320 g/mol. The number of allylic oxidation sites excluding steroid dienone is 5. The molecule has 0 spiro atoms. The molecule has 0 amide bonds. The van der Waals surface area contributed by atoms with Crippen LogP contribution in [0.1, 0.15) is 27.7 Å². The number of carboxylic acids is 1. The maximum absolute atomic E-state index is 12.1. The Balaban J connectivity index is 1.77. The van der Waals surface area contributed by atoms with E-state index in [0.717, 1.165) is 5.56 Å². The van der Waals surface area contributed by atoms with Crippen LogP contribution in [0.3, 0.4) is 0 Å². The van der Waals surface area contributed by atoms with Crippen molar-refractivity contribution in [2.75, 3.05) is 0 Å². The van der Waals surface area contributed by atoms with Gasteiger partial charge in [0.1, 0.15) is 12.2 Å². The van der Waals surface area contributed by atoms with Crippen molar-refractivity contribution in [1.29, 1.82) is 0 Å². The monoisotopic (exact) mass is 320 g/mol. The molecule has 0 saturated carbocycles. The van der Waals surface area contributed by atoms with Crippen molar-refractivity contribution >= 4 is 17.8 Å². The number of aromatic nitrogens is 2. The molecule has 1 aliphatic rings. The van der Waals surface area contributed by atoms with Crippen LogP contribution in [-0.4, -0.2) is 26.6 Å². The molecule has 1 aromatic heterocycles. The summed E-state index contributed by atoms with van der Waals surface area (Å²) in [4.78, 5) is 23.5. The van der Waals surface area contributed by atoms with E-state index >= 15 is 0 Å². The molecule has 1 N–H and O–H groups in total. The summed E-state index contributed by atoms with van der Waals surface area (Å²) in [6, 6.07) is 11.0. The lowest BCUT2D eigenvalue weighted by Gasteiger charge is -2.02. The van der Waals surface area contributed by atoms with Crippen LogP contribution >= 0.6 is 0 Å². The van der Waals surface area contributed by atoms with E-state index < -0.39 is 5.97 Å². The van der Waals surface area contributed by atoms with Gasteiger partial charge in [-0.3, -0.25) is 9.48 Å². The molecule has 24 heavy (non-hydrogen) atoms. The molecule has 1 aliphatic carbocycles. The number of aromatic carboxylic acids is 1. The first-order valence-electron chi connectivity index (χ1n) is 7.55. The zero-order valence-electron chi connectivity index (χ0n) is 12.9. The Labute approximate surface area is 139 Å². The smallest absolute Gasteiger partial charge is 0.354 e. The van der Waals surface area contributed by atoms with Crippen molar-refractivity contribution in [3.63, 3.8) is 0 Å². The summed E-state index contributed by atoms with van der Waals surface area (Å²) in [5.41, 5.74) is 1.55. The molecule has 0 fully saturated rings. The topological polar surface area (TPSA) is 72.2 Å². The lowest BCUT2D eigenvalue weighted by Crippen LogP contribution is -2.15. The quantitative estimate of drug-likeness (QED) is 0.830. The molecular weight excluding hydrogens is 304 g/mol. The van der Waals surface area contributed by atoms with E-state index in [9.17, 15) is 14.7 Å². The molecule has 120 valence electrons. The third-order valence-electron chi connectivity index (χ3n) is 3.67. The van der Waals surface area contributed by atoms with Gasteiger partial charge in [0.05, 0.1) is 5.69 Å². The Kier molecular flexibility index (Phi) is 4.52. The van der Waals surface area contributed by atoms with Crippen LogP contribution in [0, 0.1) is 0 Å². The van der Waals surface area contributed by atoms with Crippen molar-refractivity contribution in [2.24, 2.45) is 0 Å². The maximum Gasteiger partial charge on any atom is 0.354 e. The molecule has 5 nitrogen and oxygen atoms in total. The highest BCUT2D eigenvalue weighted by Crippen LogP contribution is 2.22. The Morgan fingerprint density at radius 2 is 1.88 bits per heavy atom. The van der Waals surface area contributed by atoms with Gasteiger partial charge in [0, 0.05) is 5.92 Å². The second kappa shape index (κ2) is 6.91. The Hall–Kier alpha value is -3.21. The van der Waals surface area contributed by atoms with Gasteiger partial charge in [0.25, 0.3) is 0 Å². The van der Waals surface area contributed by atoms with E-state index in [-0.39, 0.29) is 23.9 Å². The van der Waals surface area contributed by atoms with Crippen LogP contribution in [0.2, 0.25) is 0 Å². The van der Waals surface area contributed by atoms with Crippen molar-refractivity contribution in [3.8, 4) is 0 Å². The Morgan fingerprint density at radius 3 is 2.54 bits per heavy atom. The number of nitrogens with zero attached hydrogens (tertiary/aromatic N) is 2. The van der Waals surface area contributed by atoms with E-state index in [2.05, 4.69) is 5.10 Å². The first-order chi connectivity index (χ1) is 11.6. The maximum atomic E-state index is 12.1. The van der Waals surface area contributed by atoms with Crippen molar-refractivity contribution < 1.29 is 14.7 Å². The van der Waals surface area contributed by atoms with E-state index in [1.807, 2.05) is 54.6 Å². The second-order valence-corrected chi connectivity index (χ2v) is 5.42. The summed E-state index contributed by atoms with van der Waals surface area (Å²) in [7, 11) is 0. The molecule has 2 aromatic rings. The molecule has 0 aliphatic heterocycles. The van der Waals surface area contributed by atoms with E-state index in [4.69, 9.17) is 0 Å². The first kappa shape index (κ1) is 15.7. The fourth-order valence-electron chi connectivity index (χ4n) is 2.47. The van der Waals surface area contributed by atoms with Gasteiger partial charge in [0.15, 0.2) is 5.78 Å². The SMILES string of the molecule is O=C(C=Cc1ccccc1)Cn1nc(C2C=CC=C2)cc1C(=O)O. The predicted octanol–water partition coefficient (Wildman–Crippen LogP) is 3.07. The molecule has 1 heterocycles. The van der Waals surface area contributed by atoms with Gasteiger partial charge in [-0.1, -0.05) is 60.7 Å². The second-order valence-electron chi connectivity index (χ2n) is 5.42. The van der Waals surface area contributed by atoms with Crippen LogP contribution in [0.25, 0.3) is 6.08 Å². The summed E-state index contributed by atoms with van der Waals surface area (Å²) in [5.74, 6) is -1.35. The van der Waals surface area contributed by atoms with Crippen molar-refractivity contribution in [1.82, 2.24) is 9.78 Å². The fourth-order valence-corrected chi connectivity index (χ4v) is 2.47. The summed E-state index contributed by atoms with van der Waals surface area (Å²) in [6.07, 6.45) is 10.8. The zero-order valence-corrected chi connectivity index (χ0v) is 12.9. The highest BCUT2D eigenvalue weighted by Gasteiger charge is 2.19.